The van der Waals surface area contributed by atoms with Crippen LogP contribution < -0.4 is 5.32 Å². The normalized spacial score (nSPS) is 13.1. The Hall–Kier alpha value is -2.42. The molecule has 0 aliphatic heterocycles. The number of amides is 1. The van der Waals surface area contributed by atoms with E-state index in [9.17, 15) is 9.59 Å². The molecule has 1 unspecified atom stereocenters. The molecule has 19 heavy (non-hydrogen) atoms. The van der Waals surface area contributed by atoms with Crippen LogP contribution in [0.3, 0.4) is 0 Å². The summed E-state index contributed by atoms with van der Waals surface area (Å²) in [7, 11) is 0. The Balaban J connectivity index is 2.88. The van der Waals surface area contributed by atoms with Crippen molar-refractivity contribution in [3.05, 3.63) is 29.6 Å². The smallest absolute Gasteiger partial charge is 0.329 e. The van der Waals surface area contributed by atoms with Crippen molar-refractivity contribution in [2.24, 2.45) is 0 Å². The summed E-state index contributed by atoms with van der Waals surface area (Å²) in [5.74, 6) is -1.65. The zero-order valence-electron chi connectivity index (χ0n) is 10.8. The monoisotopic (exact) mass is 261 g/mol. The first kappa shape index (κ1) is 14.6. The molecule has 2 N–H and O–H groups in total. The molecule has 1 aromatic rings. The van der Waals surface area contributed by atoms with Crippen molar-refractivity contribution < 1.29 is 14.7 Å². The Morgan fingerprint density at radius 2 is 2.21 bits per heavy atom. The van der Waals surface area contributed by atoms with E-state index in [1.165, 1.54) is 25.3 Å². The van der Waals surface area contributed by atoms with Crippen LogP contribution in [0.5, 0.6) is 0 Å². The topological polar surface area (TPSA) is 103 Å². The lowest BCUT2D eigenvalue weighted by Crippen LogP contribution is -2.52. The molecule has 1 rings (SSSR count). The van der Waals surface area contributed by atoms with Gasteiger partial charge in [-0.3, -0.25) is 4.79 Å². The molecule has 0 bridgehead atoms. The third-order valence-electron chi connectivity index (χ3n) is 2.74. The summed E-state index contributed by atoms with van der Waals surface area (Å²) >= 11 is 0. The summed E-state index contributed by atoms with van der Waals surface area (Å²) in [6, 6.07) is 4.74. The number of aromatic nitrogens is 1. The first-order valence-electron chi connectivity index (χ1n) is 5.85. The number of hydrogen-bond acceptors (Lipinski definition) is 4. The first-order valence-corrected chi connectivity index (χ1v) is 5.85. The average molecular weight is 261 g/mol. The molecule has 100 valence electrons. The second-order valence-electron chi connectivity index (χ2n) is 4.39. The lowest BCUT2D eigenvalue weighted by molar-refractivity contribution is -0.144. The molecule has 0 saturated carbocycles. The highest BCUT2D eigenvalue weighted by molar-refractivity contribution is 5.96. The minimum atomic E-state index is -1.32. The van der Waals surface area contributed by atoms with Gasteiger partial charge in [-0.15, -0.1) is 0 Å². The number of pyridine rings is 1. The van der Waals surface area contributed by atoms with Gasteiger partial charge in [0.1, 0.15) is 17.3 Å². The lowest BCUT2D eigenvalue weighted by Gasteiger charge is -2.25. The molecule has 1 heterocycles. The molecule has 0 radical (unpaired) electrons. The lowest BCUT2D eigenvalue weighted by atomic mass is 9.96. The SMILES string of the molecule is CCCC(C)(NC(=O)c1ccc(C#N)cn1)C(=O)O. The highest BCUT2D eigenvalue weighted by Gasteiger charge is 2.34. The Kier molecular flexibility index (Phi) is 4.59. The van der Waals surface area contributed by atoms with Crippen molar-refractivity contribution in [2.45, 2.75) is 32.2 Å². The number of nitrogens with one attached hydrogen (secondary N) is 1. The van der Waals surface area contributed by atoms with Crippen molar-refractivity contribution in [1.29, 1.82) is 5.26 Å². The third kappa shape index (κ3) is 3.52. The van der Waals surface area contributed by atoms with E-state index in [-0.39, 0.29) is 5.69 Å². The molecule has 0 aliphatic rings. The highest BCUT2D eigenvalue weighted by Crippen LogP contribution is 2.13. The van der Waals surface area contributed by atoms with Crippen LogP contribution in [0.2, 0.25) is 0 Å². The second-order valence-corrected chi connectivity index (χ2v) is 4.39. The van der Waals surface area contributed by atoms with E-state index < -0.39 is 17.4 Å². The molecular formula is C13H15N3O3. The van der Waals surface area contributed by atoms with Crippen LogP contribution in [-0.4, -0.2) is 27.5 Å². The summed E-state index contributed by atoms with van der Waals surface area (Å²) in [5.41, 5.74) is -0.893. The predicted octanol–water partition coefficient (Wildman–Crippen LogP) is 1.33. The maximum absolute atomic E-state index is 11.9. The van der Waals surface area contributed by atoms with Crippen LogP contribution in [0.1, 0.15) is 42.7 Å². The molecule has 0 aromatic carbocycles. The number of carboxylic acid groups (broad SMARTS) is 1. The molecule has 1 amide bonds. The van der Waals surface area contributed by atoms with Crippen LogP contribution in [0.15, 0.2) is 18.3 Å². The third-order valence-corrected chi connectivity index (χ3v) is 2.74. The summed E-state index contributed by atoms with van der Waals surface area (Å²) < 4.78 is 0. The summed E-state index contributed by atoms with van der Waals surface area (Å²) in [6.07, 6.45) is 2.22. The van der Waals surface area contributed by atoms with Gasteiger partial charge in [0.15, 0.2) is 0 Å². The van der Waals surface area contributed by atoms with Gasteiger partial charge in [0.2, 0.25) is 0 Å². The Morgan fingerprint density at radius 3 is 2.63 bits per heavy atom. The Morgan fingerprint density at radius 1 is 1.53 bits per heavy atom. The largest absolute Gasteiger partial charge is 0.480 e. The number of nitrogens with zero attached hydrogens (tertiary/aromatic N) is 2. The predicted molar refractivity (Wildman–Crippen MR) is 67.4 cm³/mol. The van der Waals surface area contributed by atoms with Crippen LogP contribution in [-0.2, 0) is 4.79 Å². The van der Waals surface area contributed by atoms with E-state index >= 15 is 0 Å². The number of carbonyl (C=O) groups excluding carboxylic acids is 1. The number of rotatable bonds is 5. The van der Waals surface area contributed by atoms with Gasteiger partial charge in [0.05, 0.1) is 5.56 Å². The number of hydrogen-bond donors (Lipinski definition) is 2. The molecule has 0 fully saturated rings. The zero-order valence-corrected chi connectivity index (χ0v) is 10.8. The van der Waals surface area contributed by atoms with Gasteiger partial charge in [0, 0.05) is 6.20 Å². The molecule has 0 aliphatic carbocycles. The quantitative estimate of drug-likeness (QED) is 0.832. The van der Waals surface area contributed by atoms with Crippen LogP contribution in [0, 0.1) is 11.3 Å². The maximum atomic E-state index is 11.9. The number of nitriles is 1. The van der Waals surface area contributed by atoms with Gasteiger partial charge in [0.25, 0.3) is 5.91 Å². The standard InChI is InChI=1S/C13H15N3O3/c1-3-6-13(2,12(18)19)16-11(17)10-5-4-9(7-14)8-15-10/h4-5,8H,3,6H2,1-2H3,(H,16,17)(H,18,19). The van der Waals surface area contributed by atoms with Crippen molar-refractivity contribution in [1.82, 2.24) is 10.3 Å². The van der Waals surface area contributed by atoms with Crippen molar-refractivity contribution >= 4 is 11.9 Å². The zero-order chi connectivity index (χ0) is 14.5. The van der Waals surface area contributed by atoms with E-state index in [1.54, 1.807) is 0 Å². The van der Waals surface area contributed by atoms with Crippen molar-refractivity contribution in [3.63, 3.8) is 0 Å². The van der Waals surface area contributed by atoms with E-state index in [0.29, 0.717) is 18.4 Å². The Bertz CT molecular complexity index is 519. The minimum absolute atomic E-state index is 0.0857. The summed E-state index contributed by atoms with van der Waals surface area (Å²) in [4.78, 5) is 26.9. The van der Waals surface area contributed by atoms with E-state index in [4.69, 9.17) is 10.4 Å². The van der Waals surface area contributed by atoms with Crippen molar-refractivity contribution in [2.75, 3.05) is 0 Å². The molecule has 0 spiro atoms. The van der Waals surface area contributed by atoms with Crippen LogP contribution >= 0.6 is 0 Å². The minimum Gasteiger partial charge on any atom is -0.480 e. The highest BCUT2D eigenvalue weighted by atomic mass is 16.4. The molecule has 1 aromatic heterocycles. The maximum Gasteiger partial charge on any atom is 0.329 e. The Labute approximate surface area is 111 Å². The fraction of sp³-hybridized carbons (Fsp3) is 0.385. The number of carboxylic acids is 1. The molecule has 6 nitrogen and oxygen atoms in total. The summed E-state index contributed by atoms with van der Waals surface area (Å²) in [5, 5.41) is 20.3. The number of carbonyl (C=O) groups is 2. The molecular weight excluding hydrogens is 246 g/mol. The molecule has 1 atom stereocenters. The van der Waals surface area contributed by atoms with Gasteiger partial charge in [-0.1, -0.05) is 13.3 Å². The number of aliphatic carboxylic acids is 1. The van der Waals surface area contributed by atoms with Crippen LogP contribution in [0.25, 0.3) is 0 Å². The summed E-state index contributed by atoms with van der Waals surface area (Å²) in [6.45, 7) is 3.30. The van der Waals surface area contributed by atoms with Gasteiger partial charge in [-0.05, 0) is 25.5 Å². The van der Waals surface area contributed by atoms with E-state index in [2.05, 4.69) is 10.3 Å². The average Bonchev–Trinajstić information content (AvgIpc) is 2.38. The van der Waals surface area contributed by atoms with E-state index in [0.717, 1.165) is 0 Å². The molecule has 0 saturated heterocycles. The van der Waals surface area contributed by atoms with Gasteiger partial charge >= 0.3 is 5.97 Å². The van der Waals surface area contributed by atoms with Gasteiger partial charge < -0.3 is 10.4 Å². The second kappa shape index (κ2) is 5.96. The van der Waals surface area contributed by atoms with Gasteiger partial charge in [-0.2, -0.15) is 5.26 Å². The molecule has 6 heteroatoms. The van der Waals surface area contributed by atoms with Gasteiger partial charge in [-0.25, -0.2) is 9.78 Å². The fourth-order valence-electron chi connectivity index (χ4n) is 1.63. The fourth-order valence-corrected chi connectivity index (χ4v) is 1.63. The van der Waals surface area contributed by atoms with Crippen molar-refractivity contribution in [3.8, 4) is 6.07 Å². The first-order chi connectivity index (χ1) is 8.92. The van der Waals surface area contributed by atoms with E-state index in [1.807, 2.05) is 13.0 Å². The van der Waals surface area contributed by atoms with Crippen LogP contribution in [0.4, 0.5) is 0 Å².